The third-order valence-corrected chi connectivity index (χ3v) is 1.85. The molecule has 1 heteroatoms. The van der Waals surface area contributed by atoms with Crippen LogP contribution in [-0.4, -0.2) is 13.2 Å². The number of hydrogen-bond acceptors (Lipinski definition) is 1. The van der Waals surface area contributed by atoms with Gasteiger partial charge in [0.1, 0.15) is 0 Å². The molecule has 0 N–H and O–H groups in total. The molecule has 0 spiro atoms. The zero-order chi connectivity index (χ0) is 10.1. The Balaban J connectivity index is 3.55. The lowest BCUT2D eigenvalue weighted by Crippen LogP contribution is -1.90. The first-order chi connectivity index (χ1) is 6.16. The highest BCUT2D eigenvalue weighted by Crippen LogP contribution is 2.06. The number of hydrogen-bond donors (Lipinski definition) is 0. The Labute approximate surface area is 82.5 Å². The van der Waals surface area contributed by atoms with Crippen LogP contribution in [0.15, 0.2) is 23.3 Å². The Morgan fingerprint density at radius 3 is 2.38 bits per heavy atom. The maximum Gasteiger partial charge on any atom is 0.0649 e. The van der Waals surface area contributed by atoms with Crippen LogP contribution < -0.4 is 0 Å². The third-order valence-electron chi connectivity index (χ3n) is 1.85. The summed E-state index contributed by atoms with van der Waals surface area (Å²) in [7, 11) is 0. The van der Waals surface area contributed by atoms with E-state index in [0.29, 0.717) is 0 Å². The summed E-state index contributed by atoms with van der Waals surface area (Å²) in [6.45, 7) is 10.0. The minimum atomic E-state index is 0.761. The minimum Gasteiger partial charge on any atom is -0.378 e. The van der Waals surface area contributed by atoms with E-state index < -0.39 is 0 Å². The van der Waals surface area contributed by atoms with Crippen LogP contribution in [0.25, 0.3) is 0 Å². The normalized spacial score (nSPS) is 11.5. The summed E-state index contributed by atoms with van der Waals surface area (Å²) in [4.78, 5) is 0. The lowest BCUT2D eigenvalue weighted by Gasteiger charge is -1.99. The topological polar surface area (TPSA) is 9.23 Å². The molecule has 0 heterocycles. The molecule has 0 aromatic carbocycles. The summed E-state index contributed by atoms with van der Waals surface area (Å²) in [6, 6.07) is 0. The van der Waals surface area contributed by atoms with Crippen LogP contribution in [-0.2, 0) is 4.74 Å². The predicted octanol–water partition coefficient (Wildman–Crippen LogP) is 3.72. The van der Waals surface area contributed by atoms with Crippen molar-refractivity contribution in [2.24, 2.45) is 0 Å². The van der Waals surface area contributed by atoms with E-state index in [2.05, 4.69) is 32.9 Å². The first-order valence-corrected chi connectivity index (χ1v) is 5.03. The summed E-state index contributed by atoms with van der Waals surface area (Å²) in [6.07, 6.45) is 6.75. The van der Waals surface area contributed by atoms with Crippen molar-refractivity contribution in [3.63, 3.8) is 0 Å². The molecule has 0 radical (unpaired) electrons. The third kappa shape index (κ3) is 9.35. The molecule has 0 unspecified atom stereocenters. The molecule has 0 amide bonds. The van der Waals surface area contributed by atoms with E-state index in [1.807, 2.05) is 6.92 Å². The van der Waals surface area contributed by atoms with E-state index in [1.165, 1.54) is 11.1 Å². The Morgan fingerprint density at radius 2 is 1.85 bits per heavy atom. The van der Waals surface area contributed by atoms with Crippen molar-refractivity contribution in [2.75, 3.05) is 13.2 Å². The van der Waals surface area contributed by atoms with Gasteiger partial charge in [-0.25, -0.2) is 0 Å². The number of rotatable bonds is 6. The standard InChI is InChI=1S/C12H22O/c1-5-13-10-9-12(4)8-6-7-11(2)3/h7,9H,5-6,8,10H2,1-4H3. The highest BCUT2D eigenvalue weighted by molar-refractivity contribution is 5.02. The van der Waals surface area contributed by atoms with Gasteiger partial charge < -0.3 is 4.74 Å². The summed E-state index contributed by atoms with van der Waals surface area (Å²) in [5.41, 5.74) is 2.82. The van der Waals surface area contributed by atoms with E-state index in [4.69, 9.17) is 4.74 Å². The highest BCUT2D eigenvalue weighted by atomic mass is 16.5. The van der Waals surface area contributed by atoms with Crippen molar-refractivity contribution in [3.8, 4) is 0 Å². The van der Waals surface area contributed by atoms with E-state index in [9.17, 15) is 0 Å². The Kier molecular flexibility index (Phi) is 7.71. The molecule has 0 saturated carbocycles. The molecule has 76 valence electrons. The predicted molar refractivity (Wildman–Crippen MR) is 58.9 cm³/mol. The van der Waals surface area contributed by atoms with E-state index in [0.717, 1.165) is 26.1 Å². The molecule has 0 fully saturated rings. The molecule has 0 bridgehead atoms. The first kappa shape index (κ1) is 12.4. The smallest absolute Gasteiger partial charge is 0.0649 e. The fraction of sp³-hybridized carbons (Fsp3) is 0.667. The monoisotopic (exact) mass is 182 g/mol. The lowest BCUT2D eigenvalue weighted by atomic mass is 10.1. The summed E-state index contributed by atoms with van der Waals surface area (Å²) in [5.74, 6) is 0. The van der Waals surface area contributed by atoms with Crippen LogP contribution in [0.5, 0.6) is 0 Å². The molecule has 1 nitrogen and oxygen atoms in total. The largest absolute Gasteiger partial charge is 0.378 e. The molecule has 0 aromatic rings. The summed E-state index contributed by atoms with van der Waals surface area (Å²) in [5, 5.41) is 0. The number of ether oxygens (including phenoxy) is 1. The second-order valence-corrected chi connectivity index (χ2v) is 3.53. The average molecular weight is 182 g/mol. The van der Waals surface area contributed by atoms with Crippen LogP contribution in [0, 0.1) is 0 Å². The molecule has 0 saturated heterocycles. The van der Waals surface area contributed by atoms with Gasteiger partial charge in [-0.2, -0.15) is 0 Å². The van der Waals surface area contributed by atoms with Crippen molar-refractivity contribution < 1.29 is 4.74 Å². The second-order valence-electron chi connectivity index (χ2n) is 3.53. The zero-order valence-electron chi connectivity index (χ0n) is 9.39. The lowest BCUT2D eigenvalue weighted by molar-refractivity contribution is 0.177. The van der Waals surface area contributed by atoms with Gasteiger partial charge in [0.2, 0.25) is 0 Å². The molecule has 0 aliphatic heterocycles. The minimum absolute atomic E-state index is 0.761. The fourth-order valence-corrected chi connectivity index (χ4v) is 1.01. The van der Waals surface area contributed by atoms with Crippen molar-refractivity contribution in [2.45, 2.75) is 40.5 Å². The van der Waals surface area contributed by atoms with Gasteiger partial charge in [-0.05, 0) is 40.5 Å². The summed E-state index contributed by atoms with van der Waals surface area (Å²) < 4.78 is 5.24. The van der Waals surface area contributed by atoms with Crippen LogP contribution in [0.2, 0.25) is 0 Å². The van der Waals surface area contributed by atoms with Crippen molar-refractivity contribution in [1.29, 1.82) is 0 Å². The van der Waals surface area contributed by atoms with Crippen LogP contribution in [0.4, 0.5) is 0 Å². The van der Waals surface area contributed by atoms with Crippen molar-refractivity contribution in [1.82, 2.24) is 0 Å². The second kappa shape index (κ2) is 8.06. The molecule has 0 aromatic heterocycles. The molecular formula is C12H22O. The fourth-order valence-electron chi connectivity index (χ4n) is 1.01. The Hall–Kier alpha value is -0.560. The Bertz CT molecular complexity index is 174. The molecule has 0 aliphatic carbocycles. The van der Waals surface area contributed by atoms with Crippen molar-refractivity contribution in [3.05, 3.63) is 23.3 Å². The SMILES string of the molecule is CCOCC=C(C)CCC=C(C)C. The Morgan fingerprint density at radius 1 is 1.15 bits per heavy atom. The molecular weight excluding hydrogens is 160 g/mol. The van der Waals surface area contributed by atoms with Gasteiger partial charge in [0.05, 0.1) is 6.61 Å². The van der Waals surface area contributed by atoms with Gasteiger partial charge in [0.25, 0.3) is 0 Å². The highest BCUT2D eigenvalue weighted by Gasteiger charge is 1.88. The number of allylic oxidation sites excluding steroid dienone is 3. The molecule has 0 rings (SSSR count). The molecule has 13 heavy (non-hydrogen) atoms. The van der Waals surface area contributed by atoms with Gasteiger partial charge in [0, 0.05) is 6.61 Å². The average Bonchev–Trinajstić information content (AvgIpc) is 2.04. The molecule has 0 atom stereocenters. The van der Waals surface area contributed by atoms with Crippen LogP contribution in [0.3, 0.4) is 0 Å². The van der Waals surface area contributed by atoms with E-state index >= 15 is 0 Å². The van der Waals surface area contributed by atoms with Crippen LogP contribution in [0.1, 0.15) is 40.5 Å². The van der Waals surface area contributed by atoms with Gasteiger partial charge in [-0.1, -0.05) is 23.3 Å². The van der Waals surface area contributed by atoms with Gasteiger partial charge in [-0.15, -0.1) is 0 Å². The van der Waals surface area contributed by atoms with Gasteiger partial charge in [-0.3, -0.25) is 0 Å². The summed E-state index contributed by atoms with van der Waals surface area (Å²) >= 11 is 0. The first-order valence-electron chi connectivity index (χ1n) is 5.03. The maximum absolute atomic E-state index is 5.24. The maximum atomic E-state index is 5.24. The van der Waals surface area contributed by atoms with Crippen LogP contribution >= 0.6 is 0 Å². The zero-order valence-corrected chi connectivity index (χ0v) is 9.39. The van der Waals surface area contributed by atoms with Crippen molar-refractivity contribution >= 4 is 0 Å². The van der Waals surface area contributed by atoms with Gasteiger partial charge in [0.15, 0.2) is 0 Å². The van der Waals surface area contributed by atoms with E-state index in [1.54, 1.807) is 0 Å². The quantitative estimate of drug-likeness (QED) is 0.449. The molecule has 0 aliphatic rings. The van der Waals surface area contributed by atoms with E-state index in [-0.39, 0.29) is 0 Å². The van der Waals surface area contributed by atoms with Gasteiger partial charge >= 0.3 is 0 Å².